The monoisotopic (exact) mass is 432 g/mol. The molecular formula is C19H24N6O2S2. The normalized spacial score (nSPS) is 15.8. The summed E-state index contributed by atoms with van der Waals surface area (Å²) in [6.07, 6.45) is 1.77. The van der Waals surface area contributed by atoms with E-state index in [2.05, 4.69) is 19.9 Å². The Hall–Kier alpha value is -2.30. The van der Waals surface area contributed by atoms with Crippen LogP contribution in [0.15, 0.2) is 28.7 Å². The van der Waals surface area contributed by atoms with Gasteiger partial charge in [0, 0.05) is 42.8 Å². The fraction of sp³-hybridized carbons (Fsp3) is 0.421. The van der Waals surface area contributed by atoms with Gasteiger partial charge in [-0.1, -0.05) is 0 Å². The van der Waals surface area contributed by atoms with E-state index in [4.69, 9.17) is 0 Å². The van der Waals surface area contributed by atoms with E-state index in [9.17, 15) is 8.42 Å². The third-order valence-corrected chi connectivity index (χ3v) is 8.55. The molecule has 0 bridgehead atoms. The van der Waals surface area contributed by atoms with E-state index in [1.54, 1.807) is 16.7 Å². The van der Waals surface area contributed by atoms with Gasteiger partial charge >= 0.3 is 0 Å². The molecule has 3 aromatic heterocycles. The summed E-state index contributed by atoms with van der Waals surface area (Å²) in [5.74, 6) is 2.25. The molecule has 1 aliphatic rings. The van der Waals surface area contributed by atoms with Gasteiger partial charge in [-0.15, -0.1) is 11.3 Å². The second-order valence-corrected chi connectivity index (χ2v) is 10.6. The maximum absolute atomic E-state index is 12.9. The van der Waals surface area contributed by atoms with E-state index in [-0.39, 0.29) is 0 Å². The minimum atomic E-state index is -3.43. The van der Waals surface area contributed by atoms with Gasteiger partial charge in [0.2, 0.25) is 0 Å². The number of anilines is 1. The number of rotatable bonds is 4. The fourth-order valence-corrected chi connectivity index (χ4v) is 6.25. The summed E-state index contributed by atoms with van der Waals surface area (Å²) in [7, 11) is -3.43. The first-order valence-electron chi connectivity index (χ1n) is 9.44. The lowest BCUT2D eigenvalue weighted by Gasteiger charge is -2.34. The van der Waals surface area contributed by atoms with Gasteiger partial charge < -0.3 is 4.90 Å². The SMILES string of the molecule is Cc1nc(N2CCN(S(=O)(=O)c3ccc(C)s3)CC2)cc(-n2cnc(C)c2C)n1. The zero-order valence-electron chi connectivity index (χ0n) is 17.0. The van der Waals surface area contributed by atoms with E-state index >= 15 is 0 Å². The molecule has 0 amide bonds. The first-order chi connectivity index (χ1) is 13.8. The molecule has 0 spiro atoms. The van der Waals surface area contributed by atoms with Crippen molar-refractivity contribution in [2.75, 3.05) is 31.1 Å². The summed E-state index contributed by atoms with van der Waals surface area (Å²) in [4.78, 5) is 16.6. The minimum Gasteiger partial charge on any atom is -0.354 e. The summed E-state index contributed by atoms with van der Waals surface area (Å²) < 4.78 is 29.6. The standard InChI is InChI=1S/C19H24N6O2S2/c1-13-5-6-19(28-13)29(26,27)24-9-7-23(8-10-24)17-11-18(22-16(4)21-17)25-12-20-14(2)15(25)3/h5-6,11-12H,7-10H2,1-4H3. The van der Waals surface area contributed by atoms with Crippen LogP contribution in [0.4, 0.5) is 5.82 Å². The van der Waals surface area contributed by atoms with Crippen molar-refractivity contribution >= 4 is 27.2 Å². The lowest BCUT2D eigenvalue weighted by molar-refractivity contribution is 0.384. The van der Waals surface area contributed by atoms with Crippen LogP contribution < -0.4 is 4.90 Å². The summed E-state index contributed by atoms with van der Waals surface area (Å²) in [6, 6.07) is 5.48. The van der Waals surface area contributed by atoms with Crippen molar-refractivity contribution in [2.24, 2.45) is 0 Å². The molecular weight excluding hydrogens is 408 g/mol. The number of imidazole rings is 1. The molecule has 3 aromatic rings. The van der Waals surface area contributed by atoms with Crippen LogP contribution >= 0.6 is 11.3 Å². The number of hydrogen-bond acceptors (Lipinski definition) is 7. The van der Waals surface area contributed by atoms with Gasteiger partial charge in [0.15, 0.2) is 0 Å². The molecule has 0 atom stereocenters. The zero-order chi connectivity index (χ0) is 20.8. The van der Waals surface area contributed by atoms with Crippen molar-refractivity contribution < 1.29 is 8.42 Å². The molecule has 154 valence electrons. The number of sulfonamides is 1. The number of nitrogens with zero attached hydrogens (tertiary/aromatic N) is 6. The Kier molecular flexibility index (Phi) is 5.18. The van der Waals surface area contributed by atoms with Crippen LogP contribution in [-0.2, 0) is 10.0 Å². The van der Waals surface area contributed by atoms with Crippen LogP contribution in [-0.4, -0.2) is 58.4 Å². The molecule has 1 saturated heterocycles. The lowest BCUT2D eigenvalue weighted by Crippen LogP contribution is -2.48. The third-order valence-electron chi connectivity index (χ3n) is 5.18. The number of thiophene rings is 1. The van der Waals surface area contributed by atoms with Gasteiger partial charge in [-0.2, -0.15) is 4.31 Å². The summed E-state index contributed by atoms with van der Waals surface area (Å²) >= 11 is 1.32. The first kappa shape index (κ1) is 20.0. The highest BCUT2D eigenvalue weighted by Crippen LogP contribution is 2.26. The Morgan fingerprint density at radius 3 is 2.24 bits per heavy atom. The Labute approximate surface area is 174 Å². The third kappa shape index (κ3) is 3.79. The smallest absolute Gasteiger partial charge is 0.252 e. The molecule has 0 unspecified atom stereocenters. The Balaban J connectivity index is 1.54. The second-order valence-electron chi connectivity index (χ2n) is 7.17. The first-order valence-corrected chi connectivity index (χ1v) is 11.7. The molecule has 1 aliphatic heterocycles. The van der Waals surface area contributed by atoms with Crippen molar-refractivity contribution in [3.63, 3.8) is 0 Å². The summed E-state index contributed by atoms with van der Waals surface area (Å²) in [5.41, 5.74) is 2.00. The lowest BCUT2D eigenvalue weighted by atomic mass is 10.3. The molecule has 0 radical (unpaired) electrons. The van der Waals surface area contributed by atoms with E-state index < -0.39 is 10.0 Å². The topological polar surface area (TPSA) is 84.2 Å². The Morgan fingerprint density at radius 1 is 0.966 bits per heavy atom. The van der Waals surface area contributed by atoms with Crippen molar-refractivity contribution in [3.05, 3.63) is 46.6 Å². The van der Waals surface area contributed by atoms with Crippen LogP contribution in [0.3, 0.4) is 0 Å². The van der Waals surface area contributed by atoms with Crippen LogP contribution in [0.25, 0.3) is 5.82 Å². The maximum Gasteiger partial charge on any atom is 0.252 e. The van der Waals surface area contributed by atoms with Crippen molar-refractivity contribution in [1.29, 1.82) is 0 Å². The van der Waals surface area contributed by atoms with Gasteiger partial charge in [-0.05, 0) is 39.8 Å². The van der Waals surface area contributed by atoms with Crippen molar-refractivity contribution in [3.8, 4) is 5.82 Å². The maximum atomic E-state index is 12.9. The quantitative estimate of drug-likeness (QED) is 0.630. The van der Waals surface area contributed by atoms with Crippen molar-refractivity contribution in [1.82, 2.24) is 23.8 Å². The average molecular weight is 433 g/mol. The number of aromatic nitrogens is 4. The Bertz CT molecular complexity index is 1140. The fourth-order valence-electron chi connectivity index (χ4n) is 3.39. The number of piperazine rings is 1. The summed E-state index contributed by atoms with van der Waals surface area (Å²) in [6.45, 7) is 9.79. The number of aryl methyl sites for hydroxylation is 3. The van der Waals surface area contributed by atoms with Crippen LogP contribution in [0, 0.1) is 27.7 Å². The molecule has 29 heavy (non-hydrogen) atoms. The van der Waals surface area contributed by atoms with Crippen LogP contribution in [0.5, 0.6) is 0 Å². The molecule has 1 fully saturated rings. The number of hydrogen-bond donors (Lipinski definition) is 0. The minimum absolute atomic E-state index is 0.412. The van der Waals surface area contributed by atoms with E-state index in [0.717, 1.165) is 27.9 Å². The van der Waals surface area contributed by atoms with E-state index in [1.165, 1.54) is 11.3 Å². The van der Waals surface area contributed by atoms with Gasteiger partial charge in [0.25, 0.3) is 10.0 Å². The predicted molar refractivity (Wildman–Crippen MR) is 113 cm³/mol. The second kappa shape index (κ2) is 7.51. The highest BCUT2D eigenvalue weighted by molar-refractivity contribution is 7.91. The molecule has 8 nitrogen and oxygen atoms in total. The molecule has 0 aliphatic carbocycles. The van der Waals surface area contributed by atoms with Crippen LogP contribution in [0.2, 0.25) is 0 Å². The molecule has 0 N–H and O–H groups in total. The Morgan fingerprint density at radius 2 is 1.66 bits per heavy atom. The molecule has 10 heteroatoms. The molecule has 4 heterocycles. The van der Waals surface area contributed by atoms with E-state index in [1.807, 2.05) is 44.4 Å². The molecule has 0 saturated carbocycles. The van der Waals surface area contributed by atoms with Gasteiger partial charge in [-0.3, -0.25) is 4.57 Å². The van der Waals surface area contributed by atoms with Gasteiger partial charge in [0.05, 0.1) is 5.69 Å². The summed E-state index contributed by atoms with van der Waals surface area (Å²) in [5, 5.41) is 0. The highest BCUT2D eigenvalue weighted by atomic mass is 32.2. The largest absolute Gasteiger partial charge is 0.354 e. The van der Waals surface area contributed by atoms with Crippen molar-refractivity contribution in [2.45, 2.75) is 31.9 Å². The van der Waals surface area contributed by atoms with Crippen LogP contribution in [0.1, 0.15) is 22.1 Å². The van der Waals surface area contributed by atoms with Gasteiger partial charge in [0.1, 0.15) is 28.0 Å². The zero-order valence-corrected chi connectivity index (χ0v) is 18.6. The predicted octanol–water partition coefficient (Wildman–Crippen LogP) is 2.47. The average Bonchev–Trinajstić information content (AvgIpc) is 3.28. The molecule has 4 rings (SSSR count). The van der Waals surface area contributed by atoms with E-state index in [0.29, 0.717) is 36.2 Å². The molecule has 0 aromatic carbocycles. The van der Waals surface area contributed by atoms with Gasteiger partial charge in [-0.25, -0.2) is 23.4 Å². The highest BCUT2D eigenvalue weighted by Gasteiger charge is 2.30.